The summed E-state index contributed by atoms with van der Waals surface area (Å²) in [6.07, 6.45) is 7.71. The fourth-order valence-corrected chi connectivity index (χ4v) is 4.84. The summed E-state index contributed by atoms with van der Waals surface area (Å²) in [5.41, 5.74) is 9.83. The maximum Gasteiger partial charge on any atom is 0.220 e. The molecule has 1 fully saturated rings. The van der Waals surface area contributed by atoms with Gasteiger partial charge in [-0.3, -0.25) is 0 Å². The van der Waals surface area contributed by atoms with Crippen LogP contribution in [0.15, 0.2) is 36.5 Å². The zero-order valence-electron chi connectivity index (χ0n) is 16.8. The Hall–Kier alpha value is -2.15. The van der Waals surface area contributed by atoms with E-state index in [2.05, 4.69) is 75.8 Å². The first-order valence-corrected chi connectivity index (χ1v) is 9.97. The Balaban J connectivity index is 1.98. The number of pyridine rings is 1. The molecule has 0 unspecified atom stereocenters. The van der Waals surface area contributed by atoms with Gasteiger partial charge in [-0.1, -0.05) is 30.5 Å². The van der Waals surface area contributed by atoms with Crippen LogP contribution < -0.4 is 4.57 Å². The minimum atomic E-state index is 0.764. The Labute approximate surface area is 157 Å². The molecule has 134 valence electrons. The molecule has 4 rings (SSSR count). The second-order valence-corrected chi connectivity index (χ2v) is 8.31. The molecule has 0 atom stereocenters. The number of aromatic nitrogens is 1. The summed E-state index contributed by atoms with van der Waals surface area (Å²) in [4.78, 5) is 0. The fraction of sp³-hybridized carbons (Fsp3) is 0.400. The summed E-state index contributed by atoms with van der Waals surface area (Å²) in [6, 6.07) is 11.8. The SMILES string of the molecule is Cc1cc(C)c(C)c(-c2c3cc(C)c(C4CCCC4)cc3cc[n+]2C)c1. The van der Waals surface area contributed by atoms with Gasteiger partial charge in [0.2, 0.25) is 5.69 Å². The summed E-state index contributed by atoms with van der Waals surface area (Å²) in [5, 5.41) is 2.76. The molecule has 3 aromatic rings. The number of aryl methyl sites for hydroxylation is 4. The summed E-state index contributed by atoms with van der Waals surface area (Å²) < 4.78 is 2.29. The first-order valence-electron chi connectivity index (χ1n) is 9.97. The monoisotopic (exact) mass is 344 g/mol. The Morgan fingerprint density at radius 1 is 0.885 bits per heavy atom. The van der Waals surface area contributed by atoms with Crippen molar-refractivity contribution in [3.05, 3.63) is 64.3 Å². The van der Waals surface area contributed by atoms with Gasteiger partial charge in [-0.15, -0.1) is 0 Å². The minimum absolute atomic E-state index is 0.764. The Kier molecular flexibility index (Phi) is 4.34. The maximum atomic E-state index is 2.47. The molecular formula is C25H30N+. The molecule has 1 aromatic heterocycles. The van der Waals surface area contributed by atoms with Gasteiger partial charge in [0, 0.05) is 6.07 Å². The maximum absolute atomic E-state index is 2.47. The third kappa shape index (κ3) is 2.84. The lowest BCUT2D eigenvalue weighted by molar-refractivity contribution is -0.659. The van der Waals surface area contributed by atoms with Gasteiger partial charge in [0.25, 0.3) is 0 Å². The molecule has 0 amide bonds. The Morgan fingerprint density at radius 2 is 1.62 bits per heavy atom. The van der Waals surface area contributed by atoms with Crippen LogP contribution in [0.1, 0.15) is 59.4 Å². The summed E-state index contributed by atoms with van der Waals surface area (Å²) >= 11 is 0. The van der Waals surface area contributed by atoms with Crippen molar-refractivity contribution in [1.82, 2.24) is 0 Å². The molecule has 0 aliphatic heterocycles. The van der Waals surface area contributed by atoms with E-state index in [0.29, 0.717) is 0 Å². The summed E-state index contributed by atoms with van der Waals surface area (Å²) in [5.74, 6) is 0.764. The Bertz CT molecular complexity index is 991. The van der Waals surface area contributed by atoms with E-state index in [4.69, 9.17) is 0 Å². The molecule has 1 aliphatic rings. The van der Waals surface area contributed by atoms with E-state index in [1.807, 2.05) is 0 Å². The summed E-state index contributed by atoms with van der Waals surface area (Å²) in [7, 11) is 2.17. The lowest BCUT2D eigenvalue weighted by Crippen LogP contribution is -2.31. The average Bonchev–Trinajstić information content (AvgIpc) is 3.12. The molecule has 0 saturated heterocycles. The number of rotatable bonds is 2. The zero-order valence-corrected chi connectivity index (χ0v) is 16.8. The van der Waals surface area contributed by atoms with Gasteiger partial charge in [-0.25, -0.2) is 4.57 Å². The van der Waals surface area contributed by atoms with Gasteiger partial charge in [0.1, 0.15) is 7.05 Å². The predicted molar refractivity (Wildman–Crippen MR) is 111 cm³/mol. The molecule has 1 heterocycles. The van der Waals surface area contributed by atoms with Crippen molar-refractivity contribution in [2.24, 2.45) is 7.05 Å². The predicted octanol–water partition coefficient (Wildman–Crippen LogP) is 6.22. The molecule has 0 radical (unpaired) electrons. The van der Waals surface area contributed by atoms with Crippen LogP contribution in [-0.2, 0) is 7.05 Å². The Morgan fingerprint density at radius 3 is 2.35 bits per heavy atom. The van der Waals surface area contributed by atoms with E-state index in [0.717, 1.165) is 5.92 Å². The lowest BCUT2D eigenvalue weighted by atomic mass is 9.89. The summed E-state index contributed by atoms with van der Waals surface area (Å²) in [6.45, 7) is 8.98. The van der Waals surface area contributed by atoms with E-state index in [1.54, 1.807) is 5.56 Å². The molecule has 1 saturated carbocycles. The molecule has 26 heavy (non-hydrogen) atoms. The number of benzene rings is 2. The first-order chi connectivity index (χ1) is 12.5. The largest absolute Gasteiger partial charge is 0.220 e. The third-order valence-electron chi connectivity index (χ3n) is 6.39. The molecule has 1 aliphatic carbocycles. The second kappa shape index (κ2) is 6.54. The number of nitrogens with zero attached hydrogens (tertiary/aromatic N) is 1. The van der Waals surface area contributed by atoms with Crippen molar-refractivity contribution >= 4 is 10.8 Å². The quantitative estimate of drug-likeness (QED) is 0.486. The van der Waals surface area contributed by atoms with Crippen LogP contribution in [-0.4, -0.2) is 0 Å². The van der Waals surface area contributed by atoms with Crippen LogP contribution in [0.4, 0.5) is 0 Å². The van der Waals surface area contributed by atoms with Gasteiger partial charge < -0.3 is 0 Å². The van der Waals surface area contributed by atoms with Crippen LogP contribution in [0.5, 0.6) is 0 Å². The molecule has 1 nitrogen and oxygen atoms in total. The minimum Gasteiger partial charge on any atom is -0.200 e. The van der Waals surface area contributed by atoms with Gasteiger partial charge in [-0.2, -0.15) is 0 Å². The number of hydrogen-bond acceptors (Lipinski definition) is 0. The van der Waals surface area contributed by atoms with E-state index in [-0.39, 0.29) is 0 Å². The van der Waals surface area contributed by atoms with Gasteiger partial charge in [0.15, 0.2) is 6.20 Å². The van der Waals surface area contributed by atoms with Gasteiger partial charge in [-0.05, 0) is 86.2 Å². The smallest absolute Gasteiger partial charge is 0.200 e. The highest BCUT2D eigenvalue weighted by atomic mass is 14.9. The van der Waals surface area contributed by atoms with Gasteiger partial charge in [0.05, 0.1) is 10.9 Å². The highest BCUT2D eigenvalue weighted by Crippen LogP contribution is 2.39. The highest BCUT2D eigenvalue weighted by Gasteiger charge is 2.23. The van der Waals surface area contributed by atoms with Crippen LogP contribution in [0, 0.1) is 27.7 Å². The van der Waals surface area contributed by atoms with Crippen LogP contribution in [0.2, 0.25) is 0 Å². The van der Waals surface area contributed by atoms with E-state index in [9.17, 15) is 0 Å². The topological polar surface area (TPSA) is 3.88 Å². The lowest BCUT2D eigenvalue weighted by Gasteiger charge is -2.16. The highest BCUT2D eigenvalue weighted by molar-refractivity contribution is 5.95. The van der Waals surface area contributed by atoms with E-state index < -0.39 is 0 Å². The average molecular weight is 345 g/mol. The normalized spacial score (nSPS) is 15.1. The van der Waals surface area contributed by atoms with E-state index >= 15 is 0 Å². The molecule has 0 N–H and O–H groups in total. The first kappa shape index (κ1) is 17.3. The van der Waals surface area contributed by atoms with Crippen LogP contribution in [0.25, 0.3) is 22.0 Å². The number of hydrogen-bond donors (Lipinski definition) is 0. The third-order valence-corrected chi connectivity index (χ3v) is 6.39. The fourth-order valence-electron chi connectivity index (χ4n) is 4.84. The standard InChI is InChI=1S/C25H30N/c1-16-12-17(2)19(4)23(13-16)25-24-14-18(3)22(20-8-6-7-9-20)15-21(24)10-11-26(25)5/h10-15,20H,6-9H2,1-5H3/q+1. The number of fused-ring (bicyclic) bond motifs is 1. The van der Waals surface area contributed by atoms with Crippen molar-refractivity contribution in [1.29, 1.82) is 0 Å². The second-order valence-electron chi connectivity index (χ2n) is 8.31. The van der Waals surface area contributed by atoms with Crippen molar-refractivity contribution in [3.8, 4) is 11.3 Å². The van der Waals surface area contributed by atoms with Crippen molar-refractivity contribution in [2.75, 3.05) is 0 Å². The van der Waals surface area contributed by atoms with Crippen LogP contribution >= 0.6 is 0 Å². The van der Waals surface area contributed by atoms with Crippen LogP contribution in [0.3, 0.4) is 0 Å². The molecule has 2 aromatic carbocycles. The molecule has 0 bridgehead atoms. The van der Waals surface area contributed by atoms with Crippen molar-refractivity contribution < 1.29 is 4.57 Å². The van der Waals surface area contributed by atoms with E-state index in [1.165, 1.54) is 70.0 Å². The van der Waals surface area contributed by atoms with Gasteiger partial charge >= 0.3 is 0 Å². The molecule has 0 spiro atoms. The van der Waals surface area contributed by atoms with Crippen molar-refractivity contribution in [2.45, 2.75) is 59.3 Å². The molecule has 1 heteroatoms. The zero-order chi connectivity index (χ0) is 18.4. The molecular weight excluding hydrogens is 314 g/mol. The van der Waals surface area contributed by atoms with Crippen molar-refractivity contribution in [3.63, 3.8) is 0 Å².